The molecule has 0 aliphatic heterocycles. The molecule has 128 valence electrons. The molecule has 2 aromatic rings. The van der Waals surface area contributed by atoms with Gasteiger partial charge in [0.15, 0.2) is 0 Å². The van der Waals surface area contributed by atoms with Crippen molar-refractivity contribution < 1.29 is 23.6 Å². The first kappa shape index (κ1) is 18.4. The molecule has 0 amide bonds. The van der Waals surface area contributed by atoms with Crippen LogP contribution in [0.3, 0.4) is 0 Å². The monoisotopic (exact) mass is 334 g/mol. The summed E-state index contributed by atoms with van der Waals surface area (Å²) in [5.41, 5.74) is 3.20. The predicted octanol–water partition coefficient (Wildman–Crippen LogP) is 3.04. The van der Waals surface area contributed by atoms with E-state index in [1.165, 1.54) is 26.0 Å². The molecule has 0 spiro atoms. The van der Waals surface area contributed by atoms with Gasteiger partial charge in [-0.05, 0) is 80.0 Å². The van der Waals surface area contributed by atoms with E-state index in [1.807, 2.05) is 20.8 Å². The van der Waals surface area contributed by atoms with Crippen LogP contribution in [0.25, 0.3) is 0 Å². The zero-order valence-electron chi connectivity index (χ0n) is 14.4. The maximum Gasteiger partial charge on any atom is 0.488 e. The van der Waals surface area contributed by atoms with Crippen LogP contribution < -0.4 is 10.2 Å². The van der Waals surface area contributed by atoms with Gasteiger partial charge in [0.25, 0.3) is 0 Å². The lowest BCUT2D eigenvalue weighted by Crippen LogP contribution is -2.32. The largest absolute Gasteiger partial charge is 0.488 e. The first-order chi connectivity index (χ1) is 11.0. The molecule has 0 saturated carbocycles. The first-order valence-electron chi connectivity index (χ1n) is 7.65. The van der Waals surface area contributed by atoms with E-state index in [9.17, 15) is 18.8 Å². The van der Waals surface area contributed by atoms with E-state index in [2.05, 4.69) is 0 Å². The molecule has 0 bridgehead atoms. The average molecular weight is 334 g/mol. The standard InChI is InChI=1S/C18H21BF2O3/c1-10-8-16(9-11(2)14(10)5)24-18(20,21)17-12(3)6-15(19(22)23)7-13(17)4/h6-9,22-23H,1-5H3. The molecule has 0 radical (unpaired) electrons. The van der Waals surface area contributed by atoms with E-state index < -0.39 is 13.2 Å². The highest BCUT2D eigenvalue weighted by atomic mass is 19.3. The van der Waals surface area contributed by atoms with Crippen LogP contribution in [-0.4, -0.2) is 17.2 Å². The molecule has 0 fully saturated rings. The van der Waals surface area contributed by atoms with Gasteiger partial charge in [0.2, 0.25) is 0 Å². The van der Waals surface area contributed by atoms with Gasteiger partial charge in [0.05, 0.1) is 5.56 Å². The number of ether oxygens (including phenoxy) is 1. The minimum absolute atomic E-state index is 0.102. The van der Waals surface area contributed by atoms with Crippen molar-refractivity contribution in [1.29, 1.82) is 0 Å². The summed E-state index contributed by atoms with van der Waals surface area (Å²) >= 11 is 0. The Morgan fingerprint density at radius 3 is 1.71 bits per heavy atom. The van der Waals surface area contributed by atoms with E-state index in [0.29, 0.717) is 0 Å². The minimum atomic E-state index is -3.53. The van der Waals surface area contributed by atoms with Crippen molar-refractivity contribution in [2.75, 3.05) is 0 Å². The SMILES string of the molecule is Cc1cc(OC(F)(F)c2c(C)cc(B(O)O)cc2C)cc(C)c1C. The molecule has 2 aromatic carbocycles. The highest BCUT2D eigenvalue weighted by Gasteiger charge is 2.38. The summed E-state index contributed by atoms with van der Waals surface area (Å²) in [6, 6.07) is 5.84. The zero-order valence-corrected chi connectivity index (χ0v) is 14.4. The molecule has 0 aromatic heterocycles. The smallest absolute Gasteiger partial charge is 0.429 e. The van der Waals surface area contributed by atoms with Gasteiger partial charge in [0, 0.05) is 0 Å². The second kappa shape index (κ2) is 6.53. The molecule has 24 heavy (non-hydrogen) atoms. The Morgan fingerprint density at radius 2 is 1.29 bits per heavy atom. The van der Waals surface area contributed by atoms with Crippen molar-refractivity contribution in [3.8, 4) is 5.75 Å². The summed E-state index contributed by atoms with van der Waals surface area (Å²) in [7, 11) is -1.70. The normalized spacial score (nSPS) is 11.5. The molecule has 2 N–H and O–H groups in total. The number of hydrogen-bond acceptors (Lipinski definition) is 3. The van der Waals surface area contributed by atoms with Gasteiger partial charge in [-0.3, -0.25) is 0 Å². The Bertz CT molecular complexity index is 727. The molecule has 0 saturated heterocycles. The fraction of sp³-hybridized carbons (Fsp3) is 0.333. The third-order valence-corrected chi connectivity index (χ3v) is 4.29. The average Bonchev–Trinajstić information content (AvgIpc) is 2.42. The molecular weight excluding hydrogens is 313 g/mol. The van der Waals surface area contributed by atoms with Gasteiger partial charge in [-0.25, -0.2) is 0 Å². The van der Waals surface area contributed by atoms with Crippen LogP contribution in [0.5, 0.6) is 5.75 Å². The van der Waals surface area contributed by atoms with Gasteiger partial charge >= 0.3 is 13.2 Å². The maximum atomic E-state index is 14.7. The fourth-order valence-corrected chi connectivity index (χ4v) is 2.86. The highest BCUT2D eigenvalue weighted by molar-refractivity contribution is 6.58. The number of aryl methyl sites for hydroxylation is 4. The summed E-state index contributed by atoms with van der Waals surface area (Å²) in [5, 5.41) is 18.5. The molecular formula is C18H21BF2O3. The number of rotatable bonds is 4. The number of alkyl halides is 2. The topological polar surface area (TPSA) is 49.7 Å². The van der Waals surface area contributed by atoms with Gasteiger partial charge < -0.3 is 14.8 Å². The third-order valence-electron chi connectivity index (χ3n) is 4.29. The summed E-state index contributed by atoms with van der Waals surface area (Å²) in [6.07, 6.45) is -3.53. The lowest BCUT2D eigenvalue weighted by atomic mass is 9.77. The van der Waals surface area contributed by atoms with Crippen molar-refractivity contribution >= 4 is 12.6 Å². The lowest BCUT2D eigenvalue weighted by molar-refractivity contribution is -0.186. The van der Waals surface area contributed by atoms with Crippen LogP contribution in [0, 0.1) is 34.6 Å². The molecule has 0 heterocycles. The van der Waals surface area contributed by atoms with Gasteiger partial charge in [-0.2, -0.15) is 8.78 Å². The molecule has 2 rings (SSSR count). The van der Waals surface area contributed by atoms with E-state index in [4.69, 9.17) is 4.74 Å². The Labute approximate surface area is 141 Å². The number of halogens is 2. The zero-order chi connectivity index (χ0) is 18.2. The molecule has 6 heteroatoms. The van der Waals surface area contributed by atoms with E-state index in [1.54, 1.807) is 12.1 Å². The van der Waals surface area contributed by atoms with Gasteiger partial charge in [-0.15, -0.1) is 0 Å². The molecule has 0 aliphatic carbocycles. The Balaban J connectivity index is 2.44. The molecule has 0 atom stereocenters. The molecule has 0 aliphatic rings. The van der Waals surface area contributed by atoms with Crippen molar-refractivity contribution in [2.45, 2.75) is 40.7 Å². The second-order valence-corrected chi connectivity index (χ2v) is 6.20. The maximum absolute atomic E-state index is 14.7. The lowest BCUT2D eigenvalue weighted by Gasteiger charge is -2.23. The number of hydrogen-bond donors (Lipinski definition) is 2. The van der Waals surface area contributed by atoms with E-state index in [-0.39, 0.29) is 27.9 Å². The third kappa shape index (κ3) is 3.60. The van der Waals surface area contributed by atoms with Crippen LogP contribution in [0.15, 0.2) is 24.3 Å². The minimum Gasteiger partial charge on any atom is -0.429 e. The van der Waals surface area contributed by atoms with Crippen LogP contribution >= 0.6 is 0 Å². The van der Waals surface area contributed by atoms with Crippen LogP contribution in [-0.2, 0) is 6.11 Å². The number of benzene rings is 2. The first-order valence-corrected chi connectivity index (χ1v) is 7.65. The van der Waals surface area contributed by atoms with Crippen LogP contribution in [0.2, 0.25) is 0 Å². The van der Waals surface area contributed by atoms with Crippen molar-refractivity contribution in [2.24, 2.45) is 0 Å². The summed E-state index contributed by atoms with van der Waals surface area (Å²) < 4.78 is 34.4. The highest BCUT2D eigenvalue weighted by Crippen LogP contribution is 2.36. The van der Waals surface area contributed by atoms with Crippen molar-refractivity contribution in [3.63, 3.8) is 0 Å². The molecule has 3 nitrogen and oxygen atoms in total. The predicted molar refractivity (Wildman–Crippen MR) is 90.9 cm³/mol. The molecule has 0 unspecified atom stereocenters. The summed E-state index contributed by atoms with van der Waals surface area (Å²) in [4.78, 5) is 0. The van der Waals surface area contributed by atoms with Crippen LogP contribution in [0.1, 0.15) is 33.4 Å². The summed E-state index contributed by atoms with van der Waals surface area (Å²) in [5.74, 6) is 0.102. The van der Waals surface area contributed by atoms with E-state index >= 15 is 0 Å². The van der Waals surface area contributed by atoms with Crippen molar-refractivity contribution in [3.05, 3.63) is 57.6 Å². The Kier molecular flexibility index (Phi) is 5.01. The second-order valence-electron chi connectivity index (χ2n) is 6.20. The van der Waals surface area contributed by atoms with E-state index in [0.717, 1.165) is 16.7 Å². The van der Waals surface area contributed by atoms with Gasteiger partial charge in [0.1, 0.15) is 5.75 Å². The van der Waals surface area contributed by atoms with Crippen molar-refractivity contribution in [1.82, 2.24) is 0 Å². The fourth-order valence-electron chi connectivity index (χ4n) is 2.86. The summed E-state index contributed by atoms with van der Waals surface area (Å²) in [6.45, 7) is 8.62. The Morgan fingerprint density at radius 1 is 0.833 bits per heavy atom. The Hall–Kier alpha value is -1.92. The quantitative estimate of drug-likeness (QED) is 0.845. The van der Waals surface area contributed by atoms with Crippen LogP contribution in [0.4, 0.5) is 8.78 Å². The van der Waals surface area contributed by atoms with Gasteiger partial charge in [-0.1, -0.05) is 12.1 Å².